The van der Waals surface area contributed by atoms with Crippen molar-refractivity contribution in [3.8, 4) is 0 Å². The van der Waals surface area contributed by atoms with Crippen LogP contribution in [0.2, 0.25) is 5.02 Å². The van der Waals surface area contributed by atoms with E-state index in [-0.39, 0.29) is 11.9 Å². The fourth-order valence-electron chi connectivity index (χ4n) is 2.76. The predicted octanol–water partition coefficient (Wildman–Crippen LogP) is 4.88. The highest BCUT2D eigenvalue weighted by Gasteiger charge is 2.12. The number of carbonyl (C=O) groups excluding carboxylic acids is 1. The summed E-state index contributed by atoms with van der Waals surface area (Å²) in [5.41, 5.74) is 2.85. The molecule has 27 heavy (non-hydrogen) atoms. The maximum atomic E-state index is 12.5. The Hall–Kier alpha value is -2.85. The monoisotopic (exact) mass is 379 g/mol. The van der Waals surface area contributed by atoms with Crippen molar-refractivity contribution in [2.24, 2.45) is 0 Å². The number of hydrogen-bond donors (Lipinski definition) is 2. The van der Waals surface area contributed by atoms with Gasteiger partial charge >= 0.3 is 0 Å². The Labute approximate surface area is 164 Å². The van der Waals surface area contributed by atoms with E-state index in [9.17, 15) is 4.79 Å². The molecule has 0 bridgehead atoms. The fourth-order valence-corrected chi connectivity index (χ4v) is 2.89. The first-order chi connectivity index (χ1) is 13.1. The molecule has 2 N–H and O–H groups in total. The van der Waals surface area contributed by atoms with Gasteiger partial charge in [0.25, 0.3) is 5.91 Å². The molecule has 138 valence electrons. The third kappa shape index (κ3) is 5.56. The molecular formula is C22H22ClN3O. The Kier molecular flexibility index (Phi) is 6.44. The van der Waals surface area contributed by atoms with Crippen LogP contribution in [-0.2, 0) is 6.42 Å². The van der Waals surface area contributed by atoms with Gasteiger partial charge in [-0.15, -0.1) is 0 Å². The molecule has 0 radical (unpaired) electrons. The second kappa shape index (κ2) is 9.19. The minimum atomic E-state index is -0.116. The number of benzene rings is 2. The summed E-state index contributed by atoms with van der Waals surface area (Å²) in [7, 11) is 0. The van der Waals surface area contributed by atoms with E-state index in [0.29, 0.717) is 11.4 Å². The van der Waals surface area contributed by atoms with Crippen molar-refractivity contribution >= 4 is 23.3 Å². The van der Waals surface area contributed by atoms with Gasteiger partial charge in [-0.25, -0.2) is 4.98 Å². The Morgan fingerprint density at radius 1 is 1.07 bits per heavy atom. The van der Waals surface area contributed by atoms with Crippen molar-refractivity contribution < 1.29 is 4.79 Å². The summed E-state index contributed by atoms with van der Waals surface area (Å²) in [5.74, 6) is 0.568. The molecule has 3 rings (SSSR count). The van der Waals surface area contributed by atoms with Gasteiger partial charge in [0, 0.05) is 23.3 Å². The van der Waals surface area contributed by atoms with E-state index < -0.39 is 0 Å². The van der Waals surface area contributed by atoms with Crippen LogP contribution in [0.3, 0.4) is 0 Å². The van der Waals surface area contributed by atoms with Crippen LogP contribution in [-0.4, -0.2) is 17.4 Å². The molecule has 1 heterocycles. The lowest BCUT2D eigenvalue weighted by Crippen LogP contribution is -2.26. The zero-order chi connectivity index (χ0) is 19.1. The maximum absolute atomic E-state index is 12.5. The predicted molar refractivity (Wildman–Crippen MR) is 110 cm³/mol. The summed E-state index contributed by atoms with van der Waals surface area (Å²) in [5, 5.41) is 7.02. The first-order valence-electron chi connectivity index (χ1n) is 8.92. The third-order valence-electron chi connectivity index (χ3n) is 4.30. The number of nitrogens with one attached hydrogen (secondary N) is 2. The number of pyridine rings is 1. The second-order valence-electron chi connectivity index (χ2n) is 6.34. The molecule has 3 aromatic rings. The number of rotatable bonds is 7. The van der Waals surface area contributed by atoms with Crippen LogP contribution in [0.4, 0.5) is 5.82 Å². The number of nitrogens with zero attached hydrogens (tertiary/aromatic N) is 1. The van der Waals surface area contributed by atoms with Crippen molar-refractivity contribution in [1.82, 2.24) is 10.3 Å². The first-order valence-corrected chi connectivity index (χ1v) is 9.30. The van der Waals surface area contributed by atoms with E-state index in [1.165, 1.54) is 5.56 Å². The summed E-state index contributed by atoms with van der Waals surface area (Å²) < 4.78 is 0. The molecule has 0 aliphatic rings. The minimum absolute atomic E-state index is 0.0619. The van der Waals surface area contributed by atoms with Gasteiger partial charge in [-0.2, -0.15) is 0 Å². The van der Waals surface area contributed by atoms with Gasteiger partial charge in [-0.3, -0.25) is 4.79 Å². The van der Waals surface area contributed by atoms with Crippen molar-refractivity contribution in [3.63, 3.8) is 0 Å². The molecule has 0 aliphatic heterocycles. The molecule has 0 saturated carbocycles. The number of aromatic nitrogens is 1. The lowest BCUT2D eigenvalue weighted by Gasteiger charge is -2.14. The van der Waals surface area contributed by atoms with Crippen LogP contribution < -0.4 is 10.6 Å². The molecule has 0 saturated heterocycles. The molecule has 5 heteroatoms. The Bertz CT molecular complexity index is 882. The zero-order valence-corrected chi connectivity index (χ0v) is 15.9. The van der Waals surface area contributed by atoms with Crippen LogP contribution in [0.25, 0.3) is 0 Å². The van der Waals surface area contributed by atoms with Crippen molar-refractivity contribution in [1.29, 1.82) is 0 Å². The summed E-state index contributed by atoms with van der Waals surface area (Å²) in [6, 6.07) is 21.1. The van der Waals surface area contributed by atoms with E-state index in [2.05, 4.69) is 15.6 Å². The smallest absolute Gasteiger partial charge is 0.251 e. The second-order valence-corrected chi connectivity index (χ2v) is 6.78. The summed E-state index contributed by atoms with van der Waals surface area (Å²) in [6.07, 6.45) is 2.49. The minimum Gasteiger partial charge on any atom is -0.370 e. The normalized spacial score (nSPS) is 11.6. The van der Waals surface area contributed by atoms with E-state index in [4.69, 9.17) is 11.6 Å². The van der Waals surface area contributed by atoms with E-state index in [1.807, 2.05) is 61.5 Å². The Morgan fingerprint density at radius 2 is 1.81 bits per heavy atom. The average Bonchev–Trinajstić information content (AvgIpc) is 2.70. The summed E-state index contributed by atoms with van der Waals surface area (Å²) in [6.45, 7) is 2.69. The molecular weight excluding hydrogens is 358 g/mol. The van der Waals surface area contributed by atoms with Crippen molar-refractivity contribution in [3.05, 3.63) is 94.6 Å². The molecule has 0 fully saturated rings. The molecule has 1 atom stereocenters. The largest absolute Gasteiger partial charge is 0.370 e. The Morgan fingerprint density at radius 3 is 2.56 bits per heavy atom. The zero-order valence-electron chi connectivity index (χ0n) is 15.2. The van der Waals surface area contributed by atoms with E-state index in [0.717, 1.165) is 23.6 Å². The lowest BCUT2D eigenvalue weighted by molar-refractivity contribution is 0.0940. The first kappa shape index (κ1) is 18.9. The van der Waals surface area contributed by atoms with Crippen molar-refractivity contribution in [2.45, 2.75) is 19.4 Å². The van der Waals surface area contributed by atoms with Crippen LogP contribution in [0, 0.1) is 0 Å². The number of hydrogen-bond acceptors (Lipinski definition) is 3. The SMILES string of the molecule is CC(NC(=O)c1ccnc(NCCc2ccc(Cl)cc2)c1)c1ccccc1. The van der Waals surface area contributed by atoms with Gasteiger partial charge in [-0.1, -0.05) is 54.1 Å². The molecule has 0 spiro atoms. The van der Waals surface area contributed by atoms with Gasteiger partial charge in [0.1, 0.15) is 5.82 Å². The number of anilines is 1. The van der Waals surface area contributed by atoms with Gasteiger partial charge in [0.15, 0.2) is 0 Å². The topological polar surface area (TPSA) is 54.0 Å². The molecule has 0 aliphatic carbocycles. The highest BCUT2D eigenvalue weighted by molar-refractivity contribution is 6.30. The highest BCUT2D eigenvalue weighted by atomic mass is 35.5. The highest BCUT2D eigenvalue weighted by Crippen LogP contribution is 2.14. The van der Waals surface area contributed by atoms with Crippen LogP contribution in [0.1, 0.15) is 34.5 Å². The van der Waals surface area contributed by atoms with Crippen LogP contribution in [0.15, 0.2) is 72.9 Å². The number of amides is 1. The third-order valence-corrected chi connectivity index (χ3v) is 4.55. The maximum Gasteiger partial charge on any atom is 0.251 e. The number of halogens is 1. The lowest BCUT2D eigenvalue weighted by atomic mass is 10.1. The Balaban J connectivity index is 1.56. The molecule has 4 nitrogen and oxygen atoms in total. The summed E-state index contributed by atoms with van der Waals surface area (Å²) in [4.78, 5) is 16.8. The van der Waals surface area contributed by atoms with Crippen LogP contribution in [0.5, 0.6) is 0 Å². The quantitative estimate of drug-likeness (QED) is 0.615. The van der Waals surface area contributed by atoms with Gasteiger partial charge in [-0.05, 0) is 48.7 Å². The standard InChI is InChI=1S/C22H22ClN3O/c1-16(18-5-3-2-4-6-18)26-22(27)19-12-14-25-21(15-19)24-13-11-17-7-9-20(23)10-8-17/h2-10,12,14-16H,11,13H2,1H3,(H,24,25)(H,26,27). The van der Waals surface area contributed by atoms with Gasteiger partial charge < -0.3 is 10.6 Å². The molecule has 2 aromatic carbocycles. The van der Waals surface area contributed by atoms with E-state index in [1.54, 1.807) is 18.3 Å². The summed E-state index contributed by atoms with van der Waals surface area (Å²) >= 11 is 5.90. The van der Waals surface area contributed by atoms with E-state index >= 15 is 0 Å². The van der Waals surface area contributed by atoms with Gasteiger partial charge in [0.2, 0.25) is 0 Å². The fraction of sp³-hybridized carbons (Fsp3) is 0.182. The van der Waals surface area contributed by atoms with Crippen molar-refractivity contribution in [2.75, 3.05) is 11.9 Å². The van der Waals surface area contributed by atoms with Gasteiger partial charge in [0.05, 0.1) is 6.04 Å². The molecule has 1 aromatic heterocycles. The number of carbonyl (C=O) groups is 1. The molecule has 1 unspecified atom stereocenters. The van der Waals surface area contributed by atoms with Crippen LogP contribution >= 0.6 is 11.6 Å². The average molecular weight is 380 g/mol. The molecule has 1 amide bonds.